The highest BCUT2D eigenvalue weighted by Gasteiger charge is 2.26. The Morgan fingerprint density at radius 2 is 1.52 bits per heavy atom. The first-order valence-corrected chi connectivity index (χ1v) is 8.64. The fraction of sp³-hybridized carbons (Fsp3) is 0.0500. The van der Waals surface area contributed by atoms with E-state index >= 15 is 0 Å². The van der Waals surface area contributed by atoms with Crippen LogP contribution in [0.1, 0.15) is 15.9 Å². The van der Waals surface area contributed by atoms with Crippen LogP contribution >= 0.6 is 23.4 Å². The highest BCUT2D eigenvalue weighted by Crippen LogP contribution is 2.42. The predicted molar refractivity (Wildman–Crippen MR) is 98.2 cm³/mol. The van der Waals surface area contributed by atoms with E-state index in [1.807, 2.05) is 42.5 Å². The average molecular weight is 337 g/mol. The first-order valence-electron chi connectivity index (χ1n) is 7.39. The molecule has 0 saturated heterocycles. The van der Waals surface area contributed by atoms with E-state index in [0.717, 1.165) is 10.5 Å². The molecule has 0 heterocycles. The topological polar surface area (TPSA) is 17.1 Å². The maximum absolute atomic E-state index is 12.2. The molecule has 0 aliphatic heterocycles. The van der Waals surface area contributed by atoms with Crippen LogP contribution in [0.3, 0.4) is 0 Å². The number of allylic oxidation sites excluding steroid dienone is 1. The van der Waals surface area contributed by atoms with E-state index in [4.69, 9.17) is 11.6 Å². The molecule has 1 aliphatic rings. The standard InChI is InChI=1S/C20H13ClOS/c21-17-12-19(15-9-3-4-10-16(15)20(17)22)23-18-11-5-7-13-6-1-2-8-14(13)18/h1-12,17H. The van der Waals surface area contributed by atoms with E-state index in [1.165, 1.54) is 15.7 Å². The number of halogens is 1. The van der Waals surface area contributed by atoms with Gasteiger partial charge in [-0.1, -0.05) is 72.4 Å². The van der Waals surface area contributed by atoms with Crippen LogP contribution in [0.2, 0.25) is 0 Å². The zero-order valence-electron chi connectivity index (χ0n) is 12.2. The van der Waals surface area contributed by atoms with Gasteiger partial charge in [0.15, 0.2) is 5.78 Å². The second-order valence-corrected chi connectivity index (χ2v) is 6.98. The molecule has 0 bridgehead atoms. The van der Waals surface area contributed by atoms with E-state index in [0.29, 0.717) is 5.56 Å². The Kier molecular flexibility index (Phi) is 3.72. The molecule has 4 rings (SSSR count). The van der Waals surface area contributed by atoms with Crippen molar-refractivity contribution >= 4 is 44.8 Å². The van der Waals surface area contributed by atoms with Gasteiger partial charge in [0.25, 0.3) is 0 Å². The van der Waals surface area contributed by atoms with Crippen LogP contribution in [0.4, 0.5) is 0 Å². The average Bonchev–Trinajstić information content (AvgIpc) is 2.60. The zero-order valence-corrected chi connectivity index (χ0v) is 13.8. The summed E-state index contributed by atoms with van der Waals surface area (Å²) in [7, 11) is 0. The molecule has 0 saturated carbocycles. The minimum atomic E-state index is -0.595. The largest absolute Gasteiger partial charge is 0.292 e. The van der Waals surface area contributed by atoms with Gasteiger partial charge in [0.05, 0.1) is 0 Å². The van der Waals surface area contributed by atoms with Crippen LogP contribution in [-0.2, 0) is 0 Å². The summed E-state index contributed by atoms with van der Waals surface area (Å²) >= 11 is 7.90. The zero-order chi connectivity index (χ0) is 15.8. The summed E-state index contributed by atoms with van der Waals surface area (Å²) in [5, 5.41) is 1.82. The molecule has 3 heteroatoms. The SMILES string of the molecule is O=C1c2ccccc2C(Sc2cccc3ccccc23)=CC1Cl. The Labute approximate surface area is 144 Å². The quantitative estimate of drug-likeness (QED) is 0.552. The monoisotopic (exact) mass is 336 g/mol. The highest BCUT2D eigenvalue weighted by atomic mass is 35.5. The number of Topliss-reactive ketones (excluding diaryl/α,β-unsaturated/α-hetero) is 1. The molecular weight excluding hydrogens is 324 g/mol. The molecule has 1 nitrogen and oxygen atoms in total. The minimum absolute atomic E-state index is 0.0236. The van der Waals surface area contributed by atoms with Gasteiger partial charge in [-0.15, -0.1) is 11.6 Å². The predicted octanol–water partition coefficient (Wildman–Crippen LogP) is 5.78. The van der Waals surface area contributed by atoms with Gasteiger partial charge in [0, 0.05) is 15.4 Å². The lowest BCUT2D eigenvalue weighted by molar-refractivity contribution is 0.0997. The molecule has 0 fully saturated rings. The fourth-order valence-corrected chi connectivity index (χ4v) is 4.34. The number of hydrogen-bond acceptors (Lipinski definition) is 2. The summed E-state index contributed by atoms with van der Waals surface area (Å²) in [4.78, 5) is 14.4. The summed E-state index contributed by atoms with van der Waals surface area (Å²) in [5.41, 5.74) is 1.67. The number of rotatable bonds is 2. The first-order chi connectivity index (χ1) is 11.2. The molecule has 0 radical (unpaired) electrons. The molecule has 1 aliphatic carbocycles. The molecule has 112 valence electrons. The fourth-order valence-electron chi connectivity index (χ4n) is 2.85. The Morgan fingerprint density at radius 3 is 2.39 bits per heavy atom. The van der Waals surface area contributed by atoms with Gasteiger partial charge < -0.3 is 0 Å². The van der Waals surface area contributed by atoms with Crippen molar-refractivity contribution in [2.45, 2.75) is 10.3 Å². The maximum atomic E-state index is 12.2. The van der Waals surface area contributed by atoms with Crippen LogP contribution in [0.15, 0.2) is 77.7 Å². The molecule has 0 spiro atoms. The number of carbonyl (C=O) groups is 1. The van der Waals surface area contributed by atoms with Crippen molar-refractivity contribution in [1.82, 2.24) is 0 Å². The molecule has 23 heavy (non-hydrogen) atoms. The van der Waals surface area contributed by atoms with Gasteiger partial charge >= 0.3 is 0 Å². The van der Waals surface area contributed by atoms with E-state index in [2.05, 4.69) is 30.3 Å². The normalized spacial score (nSPS) is 17.0. The lowest BCUT2D eigenvalue weighted by Gasteiger charge is -2.19. The van der Waals surface area contributed by atoms with Crippen LogP contribution in [-0.4, -0.2) is 11.2 Å². The van der Waals surface area contributed by atoms with Crippen molar-refractivity contribution in [1.29, 1.82) is 0 Å². The smallest absolute Gasteiger partial charge is 0.185 e. The Balaban J connectivity index is 1.82. The van der Waals surface area contributed by atoms with E-state index in [-0.39, 0.29) is 5.78 Å². The van der Waals surface area contributed by atoms with Crippen molar-refractivity contribution in [2.75, 3.05) is 0 Å². The first kappa shape index (κ1) is 14.6. The molecule has 0 N–H and O–H groups in total. The van der Waals surface area contributed by atoms with Gasteiger partial charge in [-0.3, -0.25) is 4.79 Å². The number of alkyl halides is 1. The second kappa shape index (κ2) is 5.88. The molecular formula is C20H13ClOS. The van der Waals surface area contributed by atoms with E-state index in [1.54, 1.807) is 11.8 Å². The summed E-state index contributed by atoms with van der Waals surface area (Å²) in [6.07, 6.45) is 1.86. The number of carbonyl (C=O) groups excluding carboxylic acids is 1. The van der Waals surface area contributed by atoms with Gasteiger partial charge in [0.1, 0.15) is 5.38 Å². The molecule has 3 aromatic carbocycles. The lowest BCUT2D eigenvalue weighted by atomic mass is 9.96. The minimum Gasteiger partial charge on any atom is -0.292 e. The third-order valence-corrected chi connectivity index (χ3v) is 5.45. The Morgan fingerprint density at radius 1 is 0.826 bits per heavy atom. The van der Waals surface area contributed by atoms with E-state index < -0.39 is 5.38 Å². The van der Waals surface area contributed by atoms with Gasteiger partial charge in [-0.05, 0) is 28.5 Å². The second-order valence-electron chi connectivity index (χ2n) is 5.42. The summed E-state index contributed by atoms with van der Waals surface area (Å²) < 4.78 is 0. The van der Waals surface area contributed by atoms with Crippen molar-refractivity contribution in [3.8, 4) is 0 Å². The Hall–Kier alpha value is -2.03. The molecule has 0 aromatic heterocycles. The van der Waals surface area contributed by atoms with Crippen LogP contribution < -0.4 is 0 Å². The third kappa shape index (κ3) is 2.58. The van der Waals surface area contributed by atoms with Crippen molar-refractivity contribution in [2.24, 2.45) is 0 Å². The maximum Gasteiger partial charge on any atom is 0.185 e. The molecule has 3 aromatic rings. The highest BCUT2D eigenvalue weighted by molar-refractivity contribution is 8.08. The summed E-state index contributed by atoms with van der Waals surface area (Å²) in [6, 6.07) is 22.3. The van der Waals surface area contributed by atoms with Crippen LogP contribution in [0.5, 0.6) is 0 Å². The molecule has 0 amide bonds. The van der Waals surface area contributed by atoms with Crippen molar-refractivity contribution in [3.05, 3.63) is 83.9 Å². The third-order valence-electron chi connectivity index (χ3n) is 3.98. The number of benzene rings is 3. The van der Waals surface area contributed by atoms with Crippen LogP contribution in [0, 0.1) is 0 Å². The van der Waals surface area contributed by atoms with Gasteiger partial charge in [-0.25, -0.2) is 0 Å². The van der Waals surface area contributed by atoms with Crippen LogP contribution in [0.25, 0.3) is 15.7 Å². The summed E-state index contributed by atoms with van der Waals surface area (Å²) in [6.45, 7) is 0. The lowest BCUT2D eigenvalue weighted by Crippen LogP contribution is -2.18. The molecule has 1 atom stereocenters. The van der Waals surface area contributed by atoms with Gasteiger partial charge in [-0.2, -0.15) is 0 Å². The summed E-state index contributed by atoms with van der Waals surface area (Å²) in [5.74, 6) is -0.0236. The van der Waals surface area contributed by atoms with Gasteiger partial charge in [0.2, 0.25) is 0 Å². The molecule has 1 unspecified atom stereocenters. The number of fused-ring (bicyclic) bond motifs is 2. The number of hydrogen-bond donors (Lipinski definition) is 0. The van der Waals surface area contributed by atoms with Crippen molar-refractivity contribution in [3.63, 3.8) is 0 Å². The number of thioether (sulfide) groups is 1. The van der Waals surface area contributed by atoms with E-state index in [9.17, 15) is 4.79 Å². The Bertz CT molecular complexity index is 940. The van der Waals surface area contributed by atoms with Crippen molar-refractivity contribution < 1.29 is 4.79 Å². The number of ketones is 1.